The third-order valence-electron chi connectivity index (χ3n) is 2.84. The fourth-order valence-corrected chi connectivity index (χ4v) is 1.97. The van der Waals surface area contributed by atoms with Crippen molar-refractivity contribution in [3.63, 3.8) is 0 Å². The van der Waals surface area contributed by atoms with Gasteiger partial charge in [-0.3, -0.25) is 0 Å². The van der Waals surface area contributed by atoms with Crippen LogP contribution in [0.1, 0.15) is 11.1 Å². The van der Waals surface area contributed by atoms with Crippen LogP contribution >= 0.6 is 11.6 Å². The number of aryl methyl sites for hydroxylation is 2. The van der Waals surface area contributed by atoms with Crippen LogP contribution in [0.5, 0.6) is 0 Å². The predicted molar refractivity (Wildman–Crippen MR) is 80.0 cm³/mol. The average Bonchev–Trinajstić information content (AvgIpc) is 2.38. The molecule has 3 nitrogen and oxygen atoms in total. The number of urea groups is 1. The van der Waals surface area contributed by atoms with Gasteiger partial charge in [0.1, 0.15) is 5.82 Å². The van der Waals surface area contributed by atoms with E-state index in [9.17, 15) is 9.18 Å². The molecule has 0 radical (unpaired) electrons. The number of para-hydroxylation sites is 1. The molecule has 0 unspecified atom stereocenters. The van der Waals surface area contributed by atoms with E-state index in [2.05, 4.69) is 10.6 Å². The number of rotatable bonds is 2. The zero-order chi connectivity index (χ0) is 14.7. The molecule has 0 saturated heterocycles. The van der Waals surface area contributed by atoms with Crippen molar-refractivity contribution in [3.8, 4) is 0 Å². The highest BCUT2D eigenvalue weighted by molar-refractivity contribution is 6.33. The van der Waals surface area contributed by atoms with E-state index in [0.29, 0.717) is 5.69 Å². The van der Waals surface area contributed by atoms with E-state index in [1.165, 1.54) is 18.2 Å². The topological polar surface area (TPSA) is 41.1 Å². The highest BCUT2D eigenvalue weighted by Crippen LogP contribution is 2.25. The van der Waals surface area contributed by atoms with Crippen molar-refractivity contribution >= 4 is 29.0 Å². The van der Waals surface area contributed by atoms with Gasteiger partial charge in [0.15, 0.2) is 0 Å². The minimum absolute atomic E-state index is 0.0306. The second-order valence-corrected chi connectivity index (χ2v) is 4.90. The molecular weight excluding hydrogens is 279 g/mol. The first-order chi connectivity index (χ1) is 9.47. The summed E-state index contributed by atoms with van der Waals surface area (Å²) in [6, 6.07) is 9.39. The maximum atomic E-state index is 13.6. The lowest BCUT2D eigenvalue weighted by Gasteiger charge is -2.12. The van der Waals surface area contributed by atoms with Crippen LogP contribution in [-0.2, 0) is 0 Å². The minimum atomic E-state index is -0.575. The Hall–Kier alpha value is -2.07. The summed E-state index contributed by atoms with van der Waals surface area (Å²) in [4.78, 5) is 11.9. The number of benzene rings is 2. The first-order valence-corrected chi connectivity index (χ1v) is 6.44. The lowest BCUT2D eigenvalue weighted by molar-refractivity contribution is 0.262. The van der Waals surface area contributed by atoms with E-state index in [4.69, 9.17) is 11.6 Å². The van der Waals surface area contributed by atoms with Crippen molar-refractivity contribution in [2.75, 3.05) is 10.6 Å². The SMILES string of the molecule is Cc1ccc(C)c(NC(=O)Nc2c(F)cccc2Cl)c1. The third-order valence-corrected chi connectivity index (χ3v) is 3.16. The number of nitrogens with one attached hydrogen (secondary N) is 2. The van der Waals surface area contributed by atoms with Crippen LogP contribution in [0.3, 0.4) is 0 Å². The average molecular weight is 293 g/mol. The van der Waals surface area contributed by atoms with Crippen molar-refractivity contribution < 1.29 is 9.18 Å². The number of halogens is 2. The normalized spacial score (nSPS) is 10.2. The minimum Gasteiger partial charge on any atom is -0.307 e. The number of anilines is 2. The Morgan fingerprint density at radius 1 is 1.15 bits per heavy atom. The van der Waals surface area contributed by atoms with Gasteiger partial charge in [-0.05, 0) is 43.2 Å². The summed E-state index contributed by atoms with van der Waals surface area (Å²) in [6.07, 6.45) is 0. The summed E-state index contributed by atoms with van der Waals surface area (Å²) in [5.74, 6) is -0.575. The Morgan fingerprint density at radius 3 is 2.60 bits per heavy atom. The molecule has 2 aromatic carbocycles. The van der Waals surface area contributed by atoms with E-state index in [0.717, 1.165) is 11.1 Å². The lowest BCUT2D eigenvalue weighted by atomic mass is 10.1. The zero-order valence-electron chi connectivity index (χ0n) is 11.1. The van der Waals surface area contributed by atoms with Gasteiger partial charge in [0, 0.05) is 5.69 Å². The maximum Gasteiger partial charge on any atom is 0.323 e. The highest BCUT2D eigenvalue weighted by atomic mass is 35.5. The number of hydrogen-bond acceptors (Lipinski definition) is 1. The summed E-state index contributed by atoms with van der Waals surface area (Å²) >= 11 is 5.85. The second-order valence-electron chi connectivity index (χ2n) is 4.49. The van der Waals surface area contributed by atoms with Crippen molar-refractivity contribution in [2.24, 2.45) is 0 Å². The van der Waals surface area contributed by atoms with Gasteiger partial charge in [-0.2, -0.15) is 0 Å². The molecule has 2 aromatic rings. The van der Waals surface area contributed by atoms with E-state index in [1.807, 2.05) is 32.0 Å². The first-order valence-electron chi connectivity index (χ1n) is 6.06. The second kappa shape index (κ2) is 5.92. The number of amides is 2. The van der Waals surface area contributed by atoms with Gasteiger partial charge < -0.3 is 10.6 Å². The van der Waals surface area contributed by atoms with Gasteiger partial charge in [0.2, 0.25) is 0 Å². The molecule has 104 valence electrons. The van der Waals surface area contributed by atoms with Crippen LogP contribution < -0.4 is 10.6 Å². The Bertz CT molecular complexity index is 638. The molecule has 0 fully saturated rings. The van der Waals surface area contributed by atoms with Gasteiger partial charge in [-0.15, -0.1) is 0 Å². The fraction of sp³-hybridized carbons (Fsp3) is 0.133. The molecular formula is C15H14ClFN2O. The molecule has 0 atom stereocenters. The van der Waals surface area contributed by atoms with Gasteiger partial charge in [0.05, 0.1) is 10.7 Å². The standard InChI is InChI=1S/C15H14ClFN2O/c1-9-6-7-10(2)13(8-9)18-15(20)19-14-11(16)4-3-5-12(14)17/h3-8H,1-2H3,(H2,18,19,20). The smallest absolute Gasteiger partial charge is 0.307 e. The summed E-state index contributed by atoms with van der Waals surface area (Å²) in [5, 5.41) is 5.25. The molecule has 0 aliphatic carbocycles. The third kappa shape index (κ3) is 3.27. The van der Waals surface area contributed by atoms with Crippen molar-refractivity contribution in [3.05, 3.63) is 58.4 Å². The molecule has 0 aromatic heterocycles. The Morgan fingerprint density at radius 2 is 1.90 bits per heavy atom. The van der Waals surface area contributed by atoms with Crippen molar-refractivity contribution in [2.45, 2.75) is 13.8 Å². The van der Waals surface area contributed by atoms with E-state index in [1.54, 1.807) is 0 Å². The van der Waals surface area contributed by atoms with Gasteiger partial charge in [-0.25, -0.2) is 9.18 Å². The molecule has 2 N–H and O–H groups in total. The van der Waals surface area contributed by atoms with Gasteiger partial charge >= 0.3 is 6.03 Å². The largest absolute Gasteiger partial charge is 0.323 e. The summed E-state index contributed by atoms with van der Waals surface area (Å²) < 4.78 is 13.6. The predicted octanol–water partition coefficient (Wildman–Crippen LogP) is 4.74. The quantitative estimate of drug-likeness (QED) is 0.824. The highest BCUT2D eigenvalue weighted by Gasteiger charge is 2.11. The van der Waals surface area contributed by atoms with Crippen LogP contribution in [0.25, 0.3) is 0 Å². The summed E-state index contributed by atoms with van der Waals surface area (Å²) in [5.41, 5.74) is 2.59. The van der Waals surface area contributed by atoms with Crippen LogP contribution in [-0.4, -0.2) is 6.03 Å². The Balaban J connectivity index is 2.15. The maximum absolute atomic E-state index is 13.6. The van der Waals surface area contributed by atoms with Crippen molar-refractivity contribution in [1.29, 1.82) is 0 Å². The molecule has 5 heteroatoms. The van der Waals surface area contributed by atoms with E-state index in [-0.39, 0.29) is 10.7 Å². The summed E-state index contributed by atoms with van der Waals surface area (Å²) in [6.45, 7) is 3.81. The molecule has 0 aliphatic rings. The van der Waals surface area contributed by atoms with Crippen molar-refractivity contribution in [1.82, 2.24) is 0 Å². The molecule has 0 saturated carbocycles. The Kier molecular flexibility index (Phi) is 4.25. The molecule has 0 bridgehead atoms. The summed E-state index contributed by atoms with van der Waals surface area (Å²) in [7, 11) is 0. The lowest BCUT2D eigenvalue weighted by Crippen LogP contribution is -2.21. The van der Waals surface area contributed by atoms with Crippen LogP contribution in [0.2, 0.25) is 5.02 Å². The molecule has 0 aliphatic heterocycles. The molecule has 2 rings (SSSR count). The molecule has 0 spiro atoms. The molecule has 0 heterocycles. The van der Waals surface area contributed by atoms with Gasteiger partial charge in [0.25, 0.3) is 0 Å². The van der Waals surface area contributed by atoms with Crippen LogP contribution in [0.15, 0.2) is 36.4 Å². The monoisotopic (exact) mass is 292 g/mol. The molecule has 2 amide bonds. The number of carbonyl (C=O) groups is 1. The number of hydrogen-bond donors (Lipinski definition) is 2. The zero-order valence-corrected chi connectivity index (χ0v) is 11.9. The first kappa shape index (κ1) is 14.3. The Labute approximate surface area is 121 Å². The molecule has 20 heavy (non-hydrogen) atoms. The van der Waals surface area contributed by atoms with E-state index < -0.39 is 11.8 Å². The number of carbonyl (C=O) groups excluding carboxylic acids is 1. The van der Waals surface area contributed by atoms with Crippen LogP contribution in [0, 0.1) is 19.7 Å². The van der Waals surface area contributed by atoms with Crippen LogP contribution in [0.4, 0.5) is 20.6 Å². The fourth-order valence-electron chi connectivity index (χ4n) is 1.75. The van der Waals surface area contributed by atoms with E-state index >= 15 is 0 Å². The van der Waals surface area contributed by atoms with Gasteiger partial charge in [-0.1, -0.05) is 29.8 Å².